The van der Waals surface area contributed by atoms with Crippen LogP contribution in [0.25, 0.3) is 22.5 Å². The van der Waals surface area contributed by atoms with E-state index < -0.39 is 21.9 Å². The minimum absolute atomic E-state index is 0.0980. The highest BCUT2D eigenvalue weighted by atomic mass is 32.2. The van der Waals surface area contributed by atoms with E-state index in [0.29, 0.717) is 44.6 Å². The van der Waals surface area contributed by atoms with Crippen molar-refractivity contribution in [3.05, 3.63) is 83.4 Å². The summed E-state index contributed by atoms with van der Waals surface area (Å²) < 4.78 is 70.4. The molecule has 0 saturated carbocycles. The topological polar surface area (TPSA) is 109 Å². The predicted octanol–water partition coefficient (Wildman–Crippen LogP) is 6.72. The van der Waals surface area contributed by atoms with Gasteiger partial charge in [-0.05, 0) is 60.4 Å². The number of rotatable bonds is 6. The summed E-state index contributed by atoms with van der Waals surface area (Å²) >= 11 is 1.38. The van der Waals surface area contributed by atoms with Crippen molar-refractivity contribution >= 4 is 38.7 Å². The number of halogens is 3. The summed E-state index contributed by atoms with van der Waals surface area (Å²) in [6, 6.07) is 18.0. The number of fused-ring (bicyclic) bond motifs is 3. The lowest BCUT2D eigenvalue weighted by Crippen LogP contribution is -2.45. The van der Waals surface area contributed by atoms with Gasteiger partial charge in [0.15, 0.2) is 20.7 Å². The fraction of sp³-hybridized carbons (Fsp3) is 0.281. The van der Waals surface area contributed by atoms with E-state index in [0.717, 1.165) is 11.3 Å². The van der Waals surface area contributed by atoms with Crippen LogP contribution in [0.15, 0.2) is 81.8 Å². The Kier molecular flexibility index (Phi) is 8.02. The van der Waals surface area contributed by atoms with Gasteiger partial charge in [-0.25, -0.2) is 8.42 Å². The van der Waals surface area contributed by atoms with Gasteiger partial charge in [-0.1, -0.05) is 55.9 Å². The molecule has 46 heavy (non-hydrogen) atoms. The predicted molar refractivity (Wildman–Crippen MR) is 173 cm³/mol. The first-order valence-electron chi connectivity index (χ1n) is 14.3. The second-order valence-electron chi connectivity index (χ2n) is 11.6. The number of hydrogen-bond donors (Lipinski definition) is 1. The van der Waals surface area contributed by atoms with Crippen molar-refractivity contribution in [2.75, 3.05) is 10.7 Å². The van der Waals surface area contributed by atoms with Crippen LogP contribution >= 0.6 is 11.8 Å². The fourth-order valence-corrected chi connectivity index (χ4v) is 8.42. The Morgan fingerprint density at radius 3 is 2.52 bits per heavy atom. The third-order valence-corrected chi connectivity index (χ3v) is 10.6. The van der Waals surface area contributed by atoms with Gasteiger partial charge >= 0.3 is 6.36 Å². The molecule has 14 heteroatoms. The largest absolute Gasteiger partial charge is 0.573 e. The second kappa shape index (κ2) is 11.6. The lowest BCUT2D eigenvalue weighted by atomic mass is 9.99. The number of alkyl halides is 3. The van der Waals surface area contributed by atoms with Crippen LogP contribution in [0.4, 0.5) is 18.9 Å². The minimum atomic E-state index is -4.82. The summed E-state index contributed by atoms with van der Waals surface area (Å²) in [4.78, 5) is 1.87. The van der Waals surface area contributed by atoms with E-state index in [4.69, 9.17) is 0 Å². The number of aliphatic hydroxyl groups is 1. The Bertz CT molecular complexity index is 1990. The number of benzene rings is 3. The van der Waals surface area contributed by atoms with Gasteiger partial charge < -0.3 is 9.84 Å². The van der Waals surface area contributed by atoms with Crippen LogP contribution in [0.1, 0.15) is 43.4 Å². The van der Waals surface area contributed by atoms with Crippen LogP contribution in [0.3, 0.4) is 0 Å². The lowest BCUT2D eigenvalue weighted by molar-refractivity contribution is -0.274. The zero-order valence-electron chi connectivity index (χ0n) is 25.3. The molecule has 0 radical (unpaired) electrons. The third kappa shape index (κ3) is 6.04. The normalized spacial score (nSPS) is 20.0. The molecule has 2 aliphatic rings. The number of para-hydroxylation sites is 1. The molecule has 2 aliphatic heterocycles. The van der Waals surface area contributed by atoms with Crippen LogP contribution in [0.5, 0.6) is 5.75 Å². The van der Waals surface area contributed by atoms with Crippen LogP contribution in [-0.4, -0.2) is 52.5 Å². The van der Waals surface area contributed by atoms with E-state index in [1.807, 2.05) is 24.3 Å². The SMILES string of the molecule is CC(C)c1ccccc1N1/C(=N\N=C\c2ccc3c(c2)S(=O)(=O)Cc2c-3nn(C)c2-c2ccc(OC(F)(F)F)cc2)SCC1(C)O. The number of hydrogen-bond acceptors (Lipinski definition) is 8. The number of ether oxygens (including phenoxy) is 1. The van der Waals surface area contributed by atoms with Gasteiger partial charge in [-0.3, -0.25) is 9.58 Å². The van der Waals surface area contributed by atoms with Crippen molar-refractivity contribution in [1.82, 2.24) is 9.78 Å². The van der Waals surface area contributed by atoms with E-state index in [9.17, 15) is 26.7 Å². The summed E-state index contributed by atoms with van der Waals surface area (Å²) in [5, 5.41) is 24.9. The van der Waals surface area contributed by atoms with Gasteiger partial charge in [0, 0.05) is 35.2 Å². The first kappa shape index (κ1) is 31.8. The van der Waals surface area contributed by atoms with E-state index >= 15 is 0 Å². The van der Waals surface area contributed by atoms with Gasteiger partial charge in [-0.15, -0.1) is 18.3 Å². The maximum atomic E-state index is 13.5. The molecule has 3 aromatic carbocycles. The van der Waals surface area contributed by atoms with E-state index in [1.165, 1.54) is 53.0 Å². The highest BCUT2D eigenvalue weighted by Gasteiger charge is 2.41. The Morgan fingerprint density at radius 2 is 1.83 bits per heavy atom. The molecule has 1 aromatic heterocycles. The zero-order valence-corrected chi connectivity index (χ0v) is 26.9. The molecule has 6 rings (SSSR count). The monoisotopic (exact) mass is 669 g/mol. The molecule has 1 unspecified atom stereocenters. The number of anilines is 1. The Hall–Kier alpha value is -4.14. The minimum Gasteiger partial charge on any atom is -0.406 e. The molecule has 240 valence electrons. The molecule has 1 atom stereocenters. The van der Waals surface area contributed by atoms with Gasteiger partial charge in [0.05, 0.1) is 28.3 Å². The van der Waals surface area contributed by atoms with E-state index in [1.54, 1.807) is 31.0 Å². The Morgan fingerprint density at radius 1 is 1.11 bits per heavy atom. The first-order chi connectivity index (χ1) is 21.6. The second-order valence-corrected chi connectivity index (χ2v) is 14.5. The molecule has 3 heterocycles. The molecule has 1 fully saturated rings. The number of aryl methyl sites for hydroxylation is 1. The third-order valence-electron chi connectivity index (χ3n) is 7.73. The van der Waals surface area contributed by atoms with Crippen molar-refractivity contribution in [2.24, 2.45) is 17.3 Å². The van der Waals surface area contributed by atoms with E-state index in [2.05, 4.69) is 33.9 Å². The average Bonchev–Trinajstić information content (AvgIpc) is 3.46. The highest BCUT2D eigenvalue weighted by molar-refractivity contribution is 8.14. The molecule has 9 nitrogen and oxygen atoms in total. The maximum Gasteiger partial charge on any atom is 0.573 e. The molecule has 1 N–H and O–H groups in total. The number of nitrogens with zero attached hydrogens (tertiary/aromatic N) is 5. The Labute approximate surface area is 268 Å². The van der Waals surface area contributed by atoms with Gasteiger partial charge in [0.25, 0.3) is 0 Å². The number of amidine groups is 1. The smallest absolute Gasteiger partial charge is 0.406 e. The van der Waals surface area contributed by atoms with Gasteiger partial charge in [-0.2, -0.15) is 10.2 Å². The fourth-order valence-electron chi connectivity index (χ4n) is 5.73. The number of aromatic nitrogens is 2. The molecule has 4 aromatic rings. The first-order valence-corrected chi connectivity index (χ1v) is 16.9. The lowest BCUT2D eigenvalue weighted by Gasteiger charge is -2.32. The summed E-state index contributed by atoms with van der Waals surface area (Å²) in [6.07, 6.45) is -3.36. The van der Waals surface area contributed by atoms with Gasteiger partial charge in [0.1, 0.15) is 5.75 Å². The van der Waals surface area contributed by atoms with Crippen molar-refractivity contribution in [1.29, 1.82) is 0 Å². The Balaban J connectivity index is 1.31. The van der Waals surface area contributed by atoms with Crippen LogP contribution < -0.4 is 9.64 Å². The molecular formula is C32H30F3N5O4S2. The summed E-state index contributed by atoms with van der Waals surface area (Å²) in [7, 11) is -2.16. The van der Waals surface area contributed by atoms with Crippen LogP contribution in [0, 0.1) is 0 Å². The number of sulfone groups is 1. The number of thioether (sulfide) groups is 1. The average molecular weight is 670 g/mol. The van der Waals surface area contributed by atoms with Gasteiger partial charge in [0.2, 0.25) is 0 Å². The van der Waals surface area contributed by atoms with Crippen molar-refractivity contribution < 1.29 is 31.4 Å². The summed E-state index contributed by atoms with van der Waals surface area (Å²) in [5.74, 6) is -0.105. The van der Waals surface area contributed by atoms with Crippen molar-refractivity contribution in [2.45, 2.75) is 49.4 Å². The summed E-state index contributed by atoms with van der Waals surface area (Å²) in [6.45, 7) is 5.89. The maximum absolute atomic E-state index is 13.5. The molecule has 0 aliphatic carbocycles. The molecule has 0 spiro atoms. The molecule has 0 bridgehead atoms. The molecule has 1 saturated heterocycles. The zero-order chi connectivity index (χ0) is 33.0. The quantitative estimate of drug-likeness (QED) is 0.180. The molecular weight excluding hydrogens is 640 g/mol. The summed E-state index contributed by atoms with van der Waals surface area (Å²) in [5.41, 5.74) is 3.58. The standard InChI is InChI=1S/C32H30F3N5O4S2/c1-19(2)23-7-5-6-8-26(23)40-30(45-18-31(40,3)41)37-36-16-20-9-14-24-27(15-20)46(42,43)17-25-28(24)38-39(4)29(25)21-10-12-22(13-11-21)44-32(33,34)35/h5-16,19,41H,17-18H2,1-4H3/b36-16+,37-30+. The van der Waals surface area contributed by atoms with Crippen LogP contribution in [0.2, 0.25) is 0 Å². The van der Waals surface area contributed by atoms with Crippen molar-refractivity contribution in [3.63, 3.8) is 0 Å². The molecule has 0 amide bonds. The highest BCUT2D eigenvalue weighted by Crippen LogP contribution is 2.43. The van der Waals surface area contributed by atoms with Crippen molar-refractivity contribution in [3.8, 4) is 28.3 Å². The van der Waals surface area contributed by atoms with E-state index in [-0.39, 0.29) is 22.3 Å². The van der Waals surface area contributed by atoms with Crippen LogP contribution in [-0.2, 0) is 22.6 Å².